The third-order valence-corrected chi connectivity index (χ3v) is 6.05. The summed E-state index contributed by atoms with van der Waals surface area (Å²) in [5, 5.41) is 0. The Morgan fingerprint density at radius 1 is 0.952 bits per heavy atom. The second-order valence-electron chi connectivity index (χ2n) is 5.22. The summed E-state index contributed by atoms with van der Waals surface area (Å²) in [6.45, 7) is 0. The van der Waals surface area contributed by atoms with Gasteiger partial charge in [-0.05, 0) is 83.7 Å². The molecular formula is C16H16INO2S. The van der Waals surface area contributed by atoms with Crippen molar-refractivity contribution < 1.29 is 8.42 Å². The van der Waals surface area contributed by atoms with Gasteiger partial charge in [-0.1, -0.05) is 18.2 Å². The molecule has 3 nitrogen and oxygen atoms in total. The summed E-state index contributed by atoms with van der Waals surface area (Å²) < 4.78 is 28.6. The second kappa shape index (κ2) is 5.96. The average molecular weight is 413 g/mol. The molecule has 0 radical (unpaired) electrons. The fourth-order valence-electron chi connectivity index (χ4n) is 2.62. The molecule has 0 heterocycles. The molecule has 1 aliphatic rings. The molecule has 3 rings (SSSR count). The van der Waals surface area contributed by atoms with Gasteiger partial charge >= 0.3 is 0 Å². The van der Waals surface area contributed by atoms with E-state index < -0.39 is 10.0 Å². The lowest BCUT2D eigenvalue weighted by atomic mass is 9.92. The van der Waals surface area contributed by atoms with Gasteiger partial charge in [-0.25, -0.2) is 8.42 Å². The maximum Gasteiger partial charge on any atom is 0.261 e. The van der Waals surface area contributed by atoms with E-state index in [-0.39, 0.29) is 0 Å². The minimum Gasteiger partial charge on any atom is -0.279 e. The molecule has 0 aromatic heterocycles. The van der Waals surface area contributed by atoms with Gasteiger partial charge < -0.3 is 0 Å². The largest absolute Gasteiger partial charge is 0.279 e. The molecule has 1 N–H and O–H groups in total. The Morgan fingerprint density at radius 3 is 2.43 bits per heavy atom. The predicted octanol–water partition coefficient (Wildman–Crippen LogP) is 3.97. The van der Waals surface area contributed by atoms with E-state index in [0.29, 0.717) is 10.6 Å². The zero-order valence-electron chi connectivity index (χ0n) is 11.5. The van der Waals surface area contributed by atoms with E-state index >= 15 is 0 Å². The minimum atomic E-state index is -3.52. The van der Waals surface area contributed by atoms with E-state index in [4.69, 9.17) is 0 Å². The van der Waals surface area contributed by atoms with Crippen molar-refractivity contribution >= 4 is 38.3 Å². The number of aryl methyl sites for hydroxylation is 2. The monoisotopic (exact) mass is 413 g/mol. The predicted molar refractivity (Wildman–Crippen MR) is 93.1 cm³/mol. The van der Waals surface area contributed by atoms with Gasteiger partial charge in [0, 0.05) is 3.57 Å². The van der Waals surface area contributed by atoms with Crippen LogP contribution in [-0.4, -0.2) is 8.42 Å². The Kier molecular flexibility index (Phi) is 4.21. The summed E-state index contributed by atoms with van der Waals surface area (Å²) in [7, 11) is -3.52. The topological polar surface area (TPSA) is 46.2 Å². The highest BCUT2D eigenvalue weighted by molar-refractivity contribution is 14.1. The molecule has 0 fully saturated rings. The van der Waals surface area contributed by atoms with Crippen molar-refractivity contribution in [1.29, 1.82) is 0 Å². The van der Waals surface area contributed by atoms with E-state index in [0.717, 1.165) is 22.8 Å². The molecule has 2 aromatic carbocycles. The van der Waals surface area contributed by atoms with E-state index in [9.17, 15) is 8.42 Å². The van der Waals surface area contributed by atoms with Crippen LogP contribution in [0.25, 0.3) is 0 Å². The van der Waals surface area contributed by atoms with E-state index in [2.05, 4.69) is 27.3 Å². The first kappa shape index (κ1) is 14.8. The number of halogens is 1. The first-order valence-electron chi connectivity index (χ1n) is 6.95. The Morgan fingerprint density at radius 2 is 1.67 bits per heavy atom. The van der Waals surface area contributed by atoms with Crippen LogP contribution >= 0.6 is 22.6 Å². The summed E-state index contributed by atoms with van der Waals surface area (Å²) in [5.74, 6) is 0. The summed E-state index contributed by atoms with van der Waals surface area (Å²) in [5.41, 5.74) is 3.08. The molecule has 0 bridgehead atoms. The fraction of sp³-hybridized carbons (Fsp3) is 0.250. The van der Waals surface area contributed by atoms with Gasteiger partial charge in [0.2, 0.25) is 0 Å². The van der Waals surface area contributed by atoms with Crippen molar-refractivity contribution in [3.8, 4) is 0 Å². The summed E-state index contributed by atoms with van der Waals surface area (Å²) in [4.78, 5) is 0.350. The first-order valence-corrected chi connectivity index (χ1v) is 9.51. The summed E-state index contributed by atoms with van der Waals surface area (Å²) in [6.07, 6.45) is 4.36. The van der Waals surface area contributed by atoms with Gasteiger partial charge in [0.1, 0.15) is 0 Å². The highest BCUT2D eigenvalue weighted by Crippen LogP contribution is 2.26. The number of hydrogen-bond donors (Lipinski definition) is 1. The van der Waals surface area contributed by atoms with Crippen LogP contribution in [0.3, 0.4) is 0 Å². The van der Waals surface area contributed by atoms with Gasteiger partial charge in [0.15, 0.2) is 0 Å². The van der Waals surface area contributed by atoms with Crippen LogP contribution in [0.4, 0.5) is 5.69 Å². The summed E-state index contributed by atoms with van der Waals surface area (Å²) in [6, 6.07) is 12.9. The molecule has 0 saturated heterocycles. The van der Waals surface area contributed by atoms with E-state index in [1.165, 1.54) is 17.5 Å². The molecule has 2 aromatic rings. The van der Waals surface area contributed by atoms with Crippen LogP contribution in [0.5, 0.6) is 0 Å². The second-order valence-corrected chi connectivity index (χ2v) is 8.07. The third kappa shape index (κ3) is 3.23. The molecule has 5 heteroatoms. The smallest absolute Gasteiger partial charge is 0.261 e. The molecule has 0 amide bonds. The Balaban J connectivity index is 1.93. The zero-order chi connectivity index (χ0) is 14.9. The maximum absolute atomic E-state index is 12.5. The van der Waals surface area contributed by atoms with E-state index in [1.807, 2.05) is 30.3 Å². The van der Waals surface area contributed by atoms with Crippen LogP contribution in [0.15, 0.2) is 47.4 Å². The minimum absolute atomic E-state index is 0.350. The van der Waals surface area contributed by atoms with Gasteiger partial charge in [-0.3, -0.25) is 4.72 Å². The molecule has 21 heavy (non-hydrogen) atoms. The molecule has 0 unspecified atom stereocenters. The van der Waals surface area contributed by atoms with Gasteiger partial charge in [-0.15, -0.1) is 0 Å². The molecular weight excluding hydrogens is 397 g/mol. The number of rotatable bonds is 3. The van der Waals surface area contributed by atoms with Crippen molar-refractivity contribution in [3.63, 3.8) is 0 Å². The molecule has 1 aliphatic carbocycles. The molecule has 0 saturated carbocycles. The van der Waals surface area contributed by atoms with Crippen LogP contribution in [0.1, 0.15) is 24.0 Å². The van der Waals surface area contributed by atoms with Crippen molar-refractivity contribution in [2.75, 3.05) is 4.72 Å². The van der Waals surface area contributed by atoms with Gasteiger partial charge in [0.05, 0.1) is 10.6 Å². The van der Waals surface area contributed by atoms with Crippen LogP contribution in [0, 0.1) is 3.57 Å². The number of fused-ring (bicyclic) bond motifs is 1. The lowest BCUT2D eigenvalue weighted by Crippen LogP contribution is -2.15. The van der Waals surface area contributed by atoms with Crippen molar-refractivity contribution in [2.24, 2.45) is 0 Å². The Hall–Kier alpha value is -1.08. The van der Waals surface area contributed by atoms with Gasteiger partial charge in [-0.2, -0.15) is 0 Å². The highest BCUT2D eigenvalue weighted by Gasteiger charge is 2.18. The number of hydrogen-bond acceptors (Lipinski definition) is 2. The average Bonchev–Trinajstić information content (AvgIpc) is 2.49. The van der Waals surface area contributed by atoms with E-state index in [1.54, 1.807) is 12.1 Å². The number of sulfonamides is 1. The molecule has 0 atom stereocenters. The van der Waals surface area contributed by atoms with Crippen LogP contribution in [-0.2, 0) is 22.9 Å². The third-order valence-electron chi connectivity index (χ3n) is 3.75. The Labute approximate surface area is 139 Å². The zero-order valence-corrected chi connectivity index (χ0v) is 14.4. The van der Waals surface area contributed by atoms with Gasteiger partial charge in [0.25, 0.3) is 10.0 Å². The number of benzene rings is 2. The van der Waals surface area contributed by atoms with Crippen molar-refractivity contribution in [3.05, 3.63) is 57.2 Å². The molecule has 0 aliphatic heterocycles. The lowest BCUT2D eigenvalue weighted by Gasteiger charge is -2.17. The lowest BCUT2D eigenvalue weighted by molar-refractivity contribution is 0.600. The van der Waals surface area contributed by atoms with Crippen LogP contribution in [0.2, 0.25) is 0 Å². The van der Waals surface area contributed by atoms with Crippen molar-refractivity contribution in [1.82, 2.24) is 0 Å². The SMILES string of the molecule is O=S(=O)(Nc1ccccc1I)c1ccc2c(c1)CCCC2. The number of anilines is 1. The first-order chi connectivity index (χ1) is 10.1. The van der Waals surface area contributed by atoms with Crippen LogP contribution < -0.4 is 4.72 Å². The number of nitrogens with one attached hydrogen (secondary N) is 1. The Bertz CT molecular complexity index is 772. The number of para-hydroxylation sites is 1. The normalized spacial score (nSPS) is 14.5. The highest BCUT2D eigenvalue weighted by atomic mass is 127. The fourth-order valence-corrected chi connectivity index (χ4v) is 4.46. The van der Waals surface area contributed by atoms with Crippen molar-refractivity contribution in [2.45, 2.75) is 30.6 Å². The maximum atomic E-state index is 12.5. The molecule has 0 spiro atoms. The standard InChI is InChI=1S/C16H16INO2S/c17-15-7-3-4-8-16(15)18-21(19,20)14-10-9-12-5-1-2-6-13(12)11-14/h3-4,7-11,18H,1-2,5-6H2. The molecule has 110 valence electrons. The quantitative estimate of drug-likeness (QED) is 0.775. The summed E-state index contributed by atoms with van der Waals surface area (Å²) >= 11 is 2.13.